The molecule has 0 spiro atoms. The van der Waals surface area contributed by atoms with Crippen LogP contribution in [0.25, 0.3) is 0 Å². The molecule has 0 aromatic heterocycles. The highest BCUT2D eigenvalue weighted by Gasteiger charge is 2.71. The van der Waals surface area contributed by atoms with Crippen LogP contribution in [0, 0.1) is 16.7 Å². The molecule has 1 aliphatic rings. The first-order valence-corrected chi connectivity index (χ1v) is 9.12. The molecule has 0 radical (unpaired) electrons. The summed E-state index contributed by atoms with van der Waals surface area (Å²) in [6.07, 6.45) is 2.14. The molecule has 0 N–H and O–H groups in total. The van der Waals surface area contributed by atoms with Gasteiger partial charge in [0.1, 0.15) is 5.41 Å². The Balaban J connectivity index is 2.37. The van der Waals surface area contributed by atoms with Gasteiger partial charge in [0, 0.05) is 18.8 Å². The van der Waals surface area contributed by atoms with Crippen molar-refractivity contribution in [2.75, 3.05) is 19.5 Å². The summed E-state index contributed by atoms with van der Waals surface area (Å²) >= 11 is 0. The van der Waals surface area contributed by atoms with Crippen LogP contribution in [-0.2, 0) is 21.0 Å². The Bertz CT molecular complexity index is 645. The van der Waals surface area contributed by atoms with Gasteiger partial charge < -0.3 is 4.74 Å². The van der Waals surface area contributed by atoms with E-state index in [0.29, 0.717) is 6.61 Å². The van der Waals surface area contributed by atoms with Crippen LogP contribution in [0.5, 0.6) is 0 Å². The van der Waals surface area contributed by atoms with Gasteiger partial charge in [-0.3, -0.25) is 0 Å². The standard InChI is InChI=1S/C16H21NO3S/c1-4-12-6-8-13(9-7-12)14-15(21(3,18)19)16(14,10-17)11-20-5-2/h6-9,14-15H,4-5,11H2,1-3H3/t14-,15-,16+/m0/s1. The van der Waals surface area contributed by atoms with Gasteiger partial charge in [-0.2, -0.15) is 5.26 Å². The molecule has 1 aromatic carbocycles. The number of hydrogen-bond donors (Lipinski definition) is 0. The smallest absolute Gasteiger partial charge is 0.152 e. The number of sulfone groups is 1. The molecule has 0 aliphatic heterocycles. The van der Waals surface area contributed by atoms with E-state index in [-0.39, 0.29) is 12.5 Å². The van der Waals surface area contributed by atoms with Crippen LogP contribution in [0.3, 0.4) is 0 Å². The van der Waals surface area contributed by atoms with Gasteiger partial charge >= 0.3 is 0 Å². The predicted molar refractivity (Wildman–Crippen MR) is 81.7 cm³/mol. The molecule has 1 saturated carbocycles. The van der Waals surface area contributed by atoms with Crippen LogP contribution in [0.15, 0.2) is 24.3 Å². The number of aryl methyl sites for hydroxylation is 1. The Morgan fingerprint density at radius 2 is 1.90 bits per heavy atom. The van der Waals surface area contributed by atoms with Crippen molar-refractivity contribution in [3.8, 4) is 6.07 Å². The molecule has 0 heterocycles. The van der Waals surface area contributed by atoms with Crippen LogP contribution < -0.4 is 0 Å². The van der Waals surface area contributed by atoms with Gasteiger partial charge in [-0.1, -0.05) is 31.2 Å². The maximum Gasteiger partial charge on any atom is 0.152 e. The summed E-state index contributed by atoms with van der Waals surface area (Å²) in [6, 6.07) is 10.1. The lowest BCUT2D eigenvalue weighted by molar-refractivity contribution is 0.117. The molecular formula is C16H21NO3S. The summed E-state index contributed by atoms with van der Waals surface area (Å²) in [7, 11) is -3.30. The number of hydrogen-bond acceptors (Lipinski definition) is 4. The van der Waals surface area contributed by atoms with Crippen molar-refractivity contribution in [2.24, 2.45) is 5.41 Å². The predicted octanol–water partition coefficient (Wildman–Crippen LogP) is 2.31. The van der Waals surface area contributed by atoms with Crippen molar-refractivity contribution in [3.63, 3.8) is 0 Å². The molecule has 3 atom stereocenters. The Morgan fingerprint density at radius 3 is 2.33 bits per heavy atom. The molecule has 0 amide bonds. The molecule has 2 rings (SSSR count). The van der Waals surface area contributed by atoms with Crippen molar-refractivity contribution >= 4 is 9.84 Å². The molecule has 5 heteroatoms. The normalized spacial score (nSPS) is 28.1. The Morgan fingerprint density at radius 1 is 1.29 bits per heavy atom. The second-order valence-corrected chi connectivity index (χ2v) is 7.78. The highest BCUT2D eigenvalue weighted by atomic mass is 32.2. The monoisotopic (exact) mass is 307 g/mol. The minimum Gasteiger partial charge on any atom is -0.380 e. The van der Waals surface area contributed by atoms with Gasteiger partial charge in [0.05, 0.1) is 17.9 Å². The molecular weight excluding hydrogens is 286 g/mol. The summed E-state index contributed by atoms with van der Waals surface area (Å²) in [5.74, 6) is -0.296. The lowest BCUT2D eigenvalue weighted by Gasteiger charge is -2.09. The fourth-order valence-corrected chi connectivity index (χ4v) is 4.92. The minimum atomic E-state index is -3.30. The Hall–Kier alpha value is -1.38. The number of benzene rings is 1. The highest BCUT2D eigenvalue weighted by molar-refractivity contribution is 7.91. The molecule has 114 valence electrons. The fourth-order valence-electron chi connectivity index (χ4n) is 3.08. The van der Waals surface area contributed by atoms with E-state index in [4.69, 9.17) is 4.74 Å². The first-order valence-electron chi connectivity index (χ1n) is 7.17. The third-order valence-corrected chi connectivity index (χ3v) is 5.83. The highest BCUT2D eigenvalue weighted by Crippen LogP contribution is 2.62. The van der Waals surface area contributed by atoms with Gasteiger partial charge in [-0.05, 0) is 24.5 Å². The van der Waals surface area contributed by atoms with Crippen molar-refractivity contribution in [1.29, 1.82) is 5.26 Å². The van der Waals surface area contributed by atoms with Crippen LogP contribution >= 0.6 is 0 Å². The van der Waals surface area contributed by atoms with Crippen LogP contribution in [0.1, 0.15) is 30.9 Å². The van der Waals surface area contributed by atoms with E-state index < -0.39 is 20.5 Å². The van der Waals surface area contributed by atoms with E-state index in [1.54, 1.807) is 0 Å². The second-order valence-electron chi connectivity index (χ2n) is 5.61. The summed E-state index contributed by atoms with van der Waals surface area (Å²) < 4.78 is 29.4. The second kappa shape index (κ2) is 5.78. The maximum absolute atomic E-state index is 12.0. The zero-order valence-corrected chi connectivity index (χ0v) is 13.5. The van der Waals surface area contributed by atoms with Crippen LogP contribution in [0.4, 0.5) is 0 Å². The lowest BCUT2D eigenvalue weighted by Crippen LogP contribution is -2.18. The van der Waals surface area contributed by atoms with E-state index in [2.05, 4.69) is 13.0 Å². The number of rotatable bonds is 6. The van der Waals surface area contributed by atoms with Gasteiger partial charge in [-0.25, -0.2) is 8.42 Å². The summed E-state index contributed by atoms with van der Waals surface area (Å²) in [5.41, 5.74) is 1.16. The van der Waals surface area contributed by atoms with E-state index >= 15 is 0 Å². The number of nitrogens with zero attached hydrogens (tertiary/aromatic N) is 1. The largest absolute Gasteiger partial charge is 0.380 e. The first-order chi connectivity index (χ1) is 9.90. The Labute approximate surface area is 126 Å². The number of ether oxygens (including phenoxy) is 1. The van der Waals surface area contributed by atoms with Gasteiger partial charge in [-0.15, -0.1) is 0 Å². The molecule has 4 nitrogen and oxygen atoms in total. The SMILES string of the molecule is CCOC[C@]1(C#N)[C@@H](c2ccc(CC)cc2)[C@@H]1S(C)(=O)=O. The first kappa shape index (κ1) is 16.0. The molecule has 0 unspecified atom stereocenters. The van der Waals surface area contributed by atoms with E-state index in [1.807, 2.05) is 31.2 Å². The van der Waals surface area contributed by atoms with Crippen LogP contribution in [-0.4, -0.2) is 33.1 Å². The molecule has 0 saturated heterocycles. The average molecular weight is 307 g/mol. The minimum absolute atomic E-state index is 0.165. The zero-order valence-electron chi connectivity index (χ0n) is 12.7. The average Bonchev–Trinajstić information content (AvgIpc) is 3.15. The summed E-state index contributed by atoms with van der Waals surface area (Å²) in [6.45, 7) is 4.55. The molecule has 0 bridgehead atoms. The van der Waals surface area contributed by atoms with E-state index in [9.17, 15) is 13.7 Å². The lowest BCUT2D eigenvalue weighted by atomic mass is 10.00. The van der Waals surface area contributed by atoms with Crippen molar-refractivity contribution < 1.29 is 13.2 Å². The maximum atomic E-state index is 12.0. The van der Waals surface area contributed by atoms with Crippen molar-refractivity contribution in [3.05, 3.63) is 35.4 Å². The topological polar surface area (TPSA) is 67.2 Å². The van der Waals surface area contributed by atoms with E-state index in [0.717, 1.165) is 12.0 Å². The van der Waals surface area contributed by atoms with Crippen molar-refractivity contribution in [1.82, 2.24) is 0 Å². The summed E-state index contributed by atoms with van der Waals surface area (Å²) in [5, 5.41) is 8.88. The van der Waals surface area contributed by atoms with Gasteiger partial charge in [0.15, 0.2) is 9.84 Å². The summed E-state index contributed by atoms with van der Waals surface area (Å²) in [4.78, 5) is 0. The fraction of sp³-hybridized carbons (Fsp3) is 0.562. The van der Waals surface area contributed by atoms with E-state index in [1.165, 1.54) is 11.8 Å². The molecule has 1 aliphatic carbocycles. The quantitative estimate of drug-likeness (QED) is 0.809. The Kier molecular flexibility index (Phi) is 4.40. The van der Waals surface area contributed by atoms with Crippen molar-refractivity contribution in [2.45, 2.75) is 31.4 Å². The molecule has 1 fully saturated rings. The number of nitriles is 1. The zero-order chi connectivity index (χ0) is 15.7. The third-order valence-electron chi connectivity index (χ3n) is 4.22. The molecule has 1 aromatic rings. The van der Waals surface area contributed by atoms with Gasteiger partial charge in [0.25, 0.3) is 0 Å². The molecule has 21 heavy (non-hydrogen) atoms. The third kappa shape index (κ3) is 2.83. The van der Waals surface area contributed by atoms with Gasteiger partial charge in [0.2, 0.25) is 0 Å². The van der Waals surface area contributed by atoms with Crippen LogP contribution in [0.2, 0.25) is 0 Å².